The summed E-state index contributed by atoms with van der Waals surface area (Å²) in [4.78, 5) is 22.7. The van der Waals surface area contributed by atoms with Gasteiger partial charge in [-0.15, -0.1) is 0 Å². The first-order valence-corrected chi connectivity index (χ1v) is 10.6. The van der Waals surface area contributed by atoms with E-state index >= 15 is 0 Å². The van der Waals surface area contributed by atoms with Gasteiger partial charge in [-0.25, -0.2) is 9.97 Å². The second-order valence-electron chi connectivity index (χ2n) is 7.37. The molecule has 1 fully saturated rings. The summed E-state index contributed by atoms with van der Waals surface area (Å²) in [6, 6.07) is 3.41. The van der Waals surface area contributed by atoms with Crippen LogP contribution in [0, 0.1) is 5.92 Å². The number of anilines is 2. The zero-order valence-corrected chi connectivity index (χ0v) is 18.1. The minimum Gasteiger partial charge on any atom is -0.399 e. The van der Waals surface area contributed by atoms with E-state index in [1.54, 1.807) is 4.90 Å². The molecule has 2 aliphatic rings. The van der Waals surface area contributed by atoms with Crippen LogP contribution in [0.1, 0.15) is 49.1 Å². The number of hydrogen-bond acceptors (Lipinski definition) is 5. The number of nitrogens with zero attached hydrogens (tertiary/aromatic N) is 3. The lowest BCUT2D eigenvalue weighted by Crippen LogP contribution is -2.37. The Morgan fingerprint density at radius 2 is 1.97 bits per heavy atom. The van der Waals surface area contributed by atoms with Crippen LogP contribution in [0.4, 0.5) is 24.7 Å². The number of benzene rings is 1. The Hall–Kier alpha value is -2.55. The average molecular weight is 456 g/mol. The third-order valence-electron chi connectivity index (χ3n) is 5.07. The molecule has 1 aliphatic carbocycles. The molecule has 31 heavy (non-hydrogen) atoms. The van der Waals surface area contributed by atoms with Crippen LogP contribution in [-0.2, 0) is 30.5 Å². The van der Waals surface area contributed by atoms with Gasteiger partial charge in [0.15, 0.2) is 0 Å². The van der Waals surface area contributed by atoms with E-state index in [1.165, 1.54) is 6.07 Å². The number of alkyl halides is 3. The quantitative estimate of drug-likeness (QED) is 0.517. The minimum absolute atomic E-state index is 0.0283. The standard InChI is InChI=1S/C19H19ClF3N5O.C2H6/c20-18-26-15-3-4-28(17(29)11-1-2-11)9-14(15)16(27-18)25-8-10-5-12(19(21,22)23)7-13(24)6-10;1-2/h5-7,11H,1-4,8-9,24H2,(H,25,26,27);1-2H3. The summed E-state index contributed by atoms with van der Waals surface area (Å²) in [5.41, 5.74) is 6.70. The summed E-state index contributed by atoms with van der Waals surface area (Å²) in [6.07, 6.45) is -2.09. The molecule has 6 nitrogen and oxygen atoms in total. The fourth-order valence-corrected chi connectivity index (χ4v) is 3.66. The van der Waals surface area contributed by atoms with Crippen molar-refractivity contribution in [3.63, 3.8) is 0 Å². The van der Waals surface area contributed by atoms with Gasteiger partial charge in [-0.05, 0) is 48.2 Å². The molecule has 0 unspecified atom stereocenters. The molecule has 168 valence electrons. The molecule has 10 heteroatoms. The Morgan fingerprint density at radius 1 is 1.26 bits per heavy atom. The molecule has 1 aromatic heterocycles. The molecule has 1 saturated carbocycles. The number of fused-ring (bicyclic) bond motifs is 1. The van der Waals surface area contributed by atoms with Crippen LogP contribution in [0.2, 0.25) is 5.28 Å². The van der Waals surface area contributed by atoms with Crippen LogP contribution in [-0.4, -0.2) is 27.3 Å². The number of hydrogen-bond donors (Lipinski definition) is 2. The smallest absolute Gasteiger partial charge is 0.399 e. The van der Waals surface area contributed by atoms with Crippen molar-refractivity contribution in [1.29, 1.82) is 0 Å². The molecular formula is C21H25ClF3N5O. The van der Waals surface area contributed by atoms with Crippen LogP contribution in [0.3, 0.4) is 0 Å². The Labute approximate surface area is 184 Å². The van der Waals surface area contributed by atoms with Crippen molar-refractivity contribution >= 4 is 29.0 Å². The first-order chi connectivity index (χ1) is 14.7. The van der Waals surface area contributed by atoms with Gasteiger partial charge >= 0.3 is 6.18 Å². The van der Waals surface area contributed by atoms with Gasteiger partial charge in [0.25, 0.3) is 0 Å². The molecule has 0 radical (unpaired) electrons. The molecule has 2 heterocycles. The van der Waals surface area contributed by atoms with Crippen LogP contribution in [0.5, 0.6) is 0 Å². The van der Waals surface area contributed by atoms with Crippen molar-refractivity contribution in [2.45, 2.75) is 52.4 Å². The molecule has 1 amide bonds. The number of carbonyl (C=O) groups is 1. The first kappa shape index (κ1) is 23.1. The predicted octanol–water partition coefficient (Wildman–Crippen LogP) is 4.66. The Balaban J connectivity index is 0.00000132. The first-order valence-electron chi connectivity index (χ1n) is 10.3. The van der Waals surface area contributed by atoms with Crippen LogP contribution >= 0.6 is 11.6 Å². The monoisotopic (exact) mass is 455 g/mol. The van der Waals surface area contributed by atoms with E-state index in [1.807, 2.05) is 13.8 Å². The van der Waals surface area contributed by atoms with Crippen LogP contribution in [0.15, 0.2) is 18.2 Å². The molecule has 0 saturated heterocycles. The van der Waals surface area contributed by atoms with Gasteiger partial charge in [0.05, 0.1) is 17.8 Å². The fourth-order valence-electron chi connectivity index (χ4n) is 3.48. The van der Waals surface area contributed by atoms with Crippen molar-refractivity contribution in [3.05, 3.63) is 45.9 Å². The minimum atomic E-state index is -4.48. The van der Waals surface area contributed by atoms with E-state index in [4.69, 9.17) is 17.3 Å². The number of carbonyl (C=O) groups excluding carboxylic acids is 1. The second kappa shape index (κ2) is 9.30. The normalized spacial score (nSPS) is 15.6. The van der Waals surface area contributed by atoms with Crippen molar-refractivity contribution < 1.29 is 18.0 Å². The molecule has 4 rings (SSSR count). The summed E-state index contributed by atoms with van der Waals surface area (Å²) in [5, 5.41) is 3.10. The fraction of sp³-hybridized carbons (Fsp3) is 0.476. The number of amides is 1. The lowest BCUT2D eigenvalue weighted by molar-refractivity contribution is -0.137. The van der Waals surface area contributed by atoms with Gasteiger partial charge in [-0.3, -0.25) is 4.79 Å². The molecule has 0 atom stereocenters. The van der Waals surface area contributed by atoms with E-state index in [-0.39, 0.29) is 29.3 Å². The third-order valence-corrected chi connectivity index (χ3v) is 5.24. The topological polar surface area (TPSA) is 84.1 Å². The number of nitrogens with one attached hydrogen (secondary N) is 1. The second-order valence-corrected chi connectivity index (χ2v) is 7.70. The number of rotatable bonds is 4. The predicted molar refractivity (Wildman–Crippen MR) is 113 cm³/mol. The maximum atomic E-state index is 13.0. The van der Waals surface area contributed by atoms with Crippen molar-refractivity contribution in [2.24, 2.45) is 5.92 Å². The number of nitrogen functional groups attached to an aromatic ring is 1. The number of nitrogens with two attached hydrogens (primary N) is 1. The van der Waals surface area contributed by atoms with E-state index < -0.39 is 11.7 Å². The van der Waals surface area contributed by atoms with Gasteiger partial charge in [0.2, 0.25) is 11.2 Å². The molecule has 0 bridgehead atoms. The maximum absolute atomic E-state index is 13.0. The lowest BCUT2D eigenvalue weighted by Gasteiger charge is -2.29. The summed E-state index contributed by atoms with van der Waals surface area (Å²) >= 11 is 6.02. The van der Waals surface area contributed by atoms with Gasteiger partial charge in [-0.1, -0.05) is 13.8 Å². The van der Waals surface area contributed by atoms with E-state index in [9.17, 15) is 18.0 Å². The van der Waals surface area contributed by atoms with Crippen molar-refractivity contribution in [3.8, 4) is 0 Å². The van der Waals surface area contributed by atoms with Gasteiger partial charge in [0.1, 0.15) is 5.82 Å². The van der Waals surface area contributed by atoms with Crippen LogP contribution in [0.25, 0.3) is 0 Å². The molecule has 3 N–H and O–H groups in total. The highest BCUT2D eigenvalue weighted by Gasteiger charge is 2.35. The van der Waals surface area contributed by atoms with Crippen molar-refractivity contribution in [1.82, 2.24) is 14.9 Å². The van der Waals surface area contributed by atoms with Gasteiger partial charge in [-0.2, -0.15) is 13.2 Å². The van der Waals surface area contributed by atoms with Crippen LogP contribution < -0.4 is 11.1 Å². The maximum Gasteiger partial charge on any atom is 0.416 e. The average Bonchev–Trinajstić information content (AvgIpc) is 3.57. The molecule has 1 aliphatic heterocycles. The summed E-state index contributed by atoms with van der Waals surface area (Å²) in [6.45, 7) is 5.00. The summed E-state index contributed by atoms with van der Waals surface area (Å²) in [7, 11) is 0. The Morgan fingerprint density at radius 3 is 2.61 bits per heavy atom. The Bertz CT molecular complexity index is 963. The third kappa shape index (κ3) is 5.58. The lowest BCUT2D eigenvalue weighted by atomic mass is 10.0. The van der Waals surface area contributed by atoms with Crippen molar-refractivity contribution in [2.75, 3.05) is 17.6 Å². The summed E-state index contributed by atoms with van der Waals surface area (Å²) in [5.74, 6) is 0.653. The van der Waals surface area contributed by atoms with Gasteiger partial charge < -0.3 is 16.0 Å². The SMILES string of the molecule is CC.Nc1cc(CNc2nc(Cl)nc3c2CN(C(=O)C2CC2)CC3)cc(C(F)(F)F)c1. The van der Waals surface area contributed by atoms with E-state index in [0.29, 0.717) is 30.9 Å². The van der Waals surface area contributed by atoms with E-state index in [2.05, 4.69) is 15.3 Å². The summed E-state index contributed by atoms with van der Waals surface area (Å²) < 4.78 is 39.1. The Kier molecular flexibility index (Phi) is 6.93. The number of aromatic nitrogens is 2. The molecular weight excluding hydrogens is 431 g/mol. The largest absolute Gasteiger partial charge is 0.416 e. The zero-order chi connectivity index (χ0) is 22.8. The number of halogens is 4. The molecule has 2 aromatic rings. The van der Waals surface area contributed by atoms with Gasteiger partial charge in [0, 0.05) is 36.7 Å². The highest BCUT2D eigenvalue weighted by atomic mass is 35.5. The highest BCUT2D eigenvalue weighted by Crippen LogP contribution is 2.34. The zero-order valence-electron chi connectivity index (χ0n) is 17.4. The van der Waals surface area contributed by atoms with E-state index in [0.717, 1.165) is 36.2 Å². The molecule has 0 spiro atoms. The highest BCUT2D eigenvalue weighted by molar-refractivity contribution is 6.28. The molecule has 1 aromatic carbocycles.